The quantitative estimate of drug-likeness (QED) is 0.877. The van der Waals surface area contributed by atoms with E-state index in [4.69, 9.17) is 10.8 Å². The lowest BCUT2D eigenvalue weighted by molar-refractivity contribution is -0.143. The molecule has 0 spiro atoms. The number of aliphatic carboxylic acids is 1. The minimum absolute atomic E-state index is 0.272. The molecule has 1 aromatic rings. The molecule has 0 saturated heterocycles. The van der Waals surface area contributed by atoms with E-state index in [0.717, 1.165) is 10.9 Å². The zero-order valence-electron chi connectivity index (χ0n) is 8.82. The monoisotopic (exact) mass is 283 g/mol. The SMILES string of the molecule is N[C@@]1(C(=O)O)CC[C@@H](c2ccc(Br)cc2)C1. The van der Waals surface area contributed by atoms with Gasteiger partial charge in [-0.15, -0.1) is 0 Å². The third-order valence-electron chi connectivity index (χ3n) is 3.32. The van der Waals surface area contributed by atoms with Gasteiger partial charge in [-0.1, -0.05) is 28.1 Å². The first-order chi connectivity index (χ1) is 7.51. The Morgan fingerprint density at radius 2 is 2.06 bits per heavy atom. The van der Waals surface area contributed by atoms with Crippen molar-refractivity contribution in [2.45, 2.75) is 30.7 Å². The van der Waals surface area contributed by atoms with E-state index in [9.17, 15) is 4.79 Å². The molecule has 3 N–H and O–H groups in total. The average Bonchev–Trinajstić information content (AvgIpc) is 2.63. The molecule has 1 aromatic carbocycles. The van der Waals surface area contributed by atoms with Crippen LogP contribution in [-0.4, -0.2) is 16.6 Å². The molecule has 1 saturated carbocycles. The number of carboxylic acid groups (broad SMARTS) is 1. The molecule has 3 nitrogen and oxygen atoms in total. The van der Waals surface area contributed by atoms with Gasteiger partial charge in [-0.3, -0.25) is 4.79 Å². The maximum Gasteiger partial charge on any atom is 0.323 e. The van der Waals surface area contributed by atoms with Crippen molar-refractivity contribution in [3.63, 3.8) is 0 Å². The molecular formula is C12H14BrNO2. The third kappa shape index (κ3) is 2.13. The number of carboxylic acids is 1. The number of benzene rings is 1. The second-order valence-electron chi connectivity index (χ2n) is 4.45. The Kier molecular flexibility index (Phi) is 3.04. The van der Waals surface area contributed by atoms with Crippen LogP contribution in [0.1, 0.15) is 30.7 Å². The van der Waals surface area contributed by atoms with Gasteiger partial charge in [-0.05, 0) is 42.9 Å². The zero-order valence-corrected chi connectivity index (χ0v) is 10.4. The molecule has 16 heavy (non-hydrogen) atoms. The van der Waals surface area contributed by atoms with Crippen LogP contribution in [0.15, 0.2) is 28.7 Å². The highest BCUT2D eigenvalue weighted by Gasteiger charge is 2.42. The highest BCUT2D eigenvalue weighted by molar-refractivity contribution is 9.10. The predicted octanol–water partition coefficient (Wildman–Crippen LogP) is 2.50. The molecule has 1 aliphatic rings. The van der Waals surface area contributed by atoms with E-state index in [1.165, 1.54) is 5.56 Å². The van der Waals surface area contributed by atoms with Gasteiger partial charge in [0.05, 0.1) is 0 Å². The van der Waals surface area contributed by atoms with Crippen LogP contribution in [0.5, 0.6) is 0 Å². The van der Waals surface area contributed by atoms with Crippen LogP contribution in [0.4, 0.5) is 0 Å². The standard InChI is InChI=1S/C12H14BrNO2/c13-10-3-1-8(2-4-10)9-5-6-12(14,7-9)11(15)16/h1-4,9H,5-7,14H2,(H,15,16)/t9-,12+/m1/s1. The first-order valence-electron chi connectivity index (χ1n) is 5.29. The smallest absolute Gasteiger partial charge is 0.323 e. The van der Waals surface area contributed by atoms with Crippen LogP contribution in [0, 0.1) is 0 Å². The van der Waals surface area contributed by atoms with Gasteiger partial charge < -0.3 is 10.8 Å². The lowest BCUT2D eigenvalue weighted by Crippen LogP contribution is -2.45. The van der Waals surface area contributed by atoms with Crippen molar-refractivity contribution < 1.29 is 9.90 Å². The van der Waals surface area contributed by atoms with Crippen LogP contribution in [0.2, 0.25) is 0 Å². The highest BCUT2D eigenvalue weighted by atomic mass is 79.9. The molecule has 4 heteroatoms. The third-order valence-corrected chi connectivity index (χ3v) is 3.85. The number of carbonyl (C=O) groups is 1. The van der Waals surface area contributed by atoms with Gasteiger partial charge in [0.15, 0.2) is 0 Å². The molecule has 1 fully saturated rings. The minimum atomic E-state index is -1.03. The molecule has 86 valence electrons. The Morgan fingerprint density at radius 1 is 1.44 bits per heavy atom. The fraction of sp³-hybridized carbons (Fsp3) is 0.417. The van der Waals surface area contributed by atoms with E-state index in [1.54, 1.807) is 0 Å². The maximum atomic E-state index is 11.0. The minimum Gasteiger partial charge on any atom is -0.480 e. The largest absolute Gasteiger partial charge is 0.480 e. The van der Waals surface area contributed by atoms with Crippen molar-refractivity contribution in [3.8, 4) is 0 Å². The van der Waals surface area contributed by atoms with Crippen LogP contribution in [0.25, 0.3) is 0 Å². The van der Waals surface area contributed by atoms with Crippen molar-refractivity contribution in [3.05, 3.63) is 34.3 Å². The zero-order chi connectivity index (χ0) is 11.8. The first kappa shape index (κ1) is 11.6. The highest BCUT2D eigenvalue weighted by Crippen LogP contribution is 2.39. The molecule has 0 radical (unpaired) electrons. The average molecular weight is 284 g/mol. The van der Waals surface area contributed by atoms with Gasteiger partial charge in [-0.2, -0.15) is 0 Å². The number of rotatable bonds is 2. The predicted molar refractivity (Wildman–Crippen MR) is 65.3 cm³/mol. The van der Waals surface area contributed by atoms with Crippen molar-refractivity contribution in [2.75, 3.05) is 0 Å². The Labute approximate surface area is 103 Å². The molecule has 0 heterocycles. The summed E-state index contributed by atoms with van der Waals surface area (Å²) >= 11 is 3.38. The van der Waals surface area contributed by atoms with Crippen LogP contribution in [-0.2, 0) is 4.79 Å². The molecule has 0 bridgehead atoms. The topological polar surface area (TPSA) is 63.3 Å². The number of halogens is 1. The summed E-state index contributed by atoms with van der Waals surface area (Å²) in [6.45, 7) is 0. The summed E-state index contributed by atoms with van der Waals surface area (Å²) in [5, 5.41) is 9.05. The molecule has 1 aliphatic carbocycles. The van der Waals surface area contributed by atoms with Crippen LogP contribution >= 0.6 is 15.9 Å². The fourth-order valence-corrected chi connectivity index (χ4v) is 2.55. The van der Waals surface area contributed by atoms with Gasteiger partial charge in [0.2, 0.25) is 0 Å². The maximum absolute atomic E-state index is 11.0. The lowest BCUT2D eigenvalue weighted by Gasteiger charge is -2.18. The molecule has 0 amide bonds. The van der Waals surface area contributed by atoms with Gasteiger partial charge in [0, 0.05) is 4.47 Å². The number of hydrogen-bond donors (Lipinski definition) is 2. The van der Waals surface area contributed by atoms with E-state index < -0.39 is 11.5 Å². The Morgan fingerprint density at radius 3 is 2.56 bits per heavy atom. The van der Waals surface area contributed by atoms with E-state index in [0.29, 0.717) is 12.8 Å². The first-order valence-corrected chi connectivity index (χ1v) is 6.08. The summed E-state index contributed by atoms with van der Waals surface area (Å²) in [4.78, 5) is 11.0. The van der Waals surface area contributed by atoms with Crippen molar-refractivity contribution in [1.29, 1.82) is 0 Å². The van der Waals surface area contributed by atoms with Crippen LogP contribution < -0.4 is 5.73 Å². The Bertz CT molecular complexity index is 404. The summed E-state index contributed by atoms with van der Waals surface area (Å²) < 4.78 is 1.03. The molecule has 2 atom stereocenters. The van der Waals surface area contributed by atoms with Gasteiger partial charge >= 0.3 is 5.97 Å². The molecule has 2 rings (SSSR count). The van der Waals surface area contributed by atoms with Crippen molar-refractivity contribution in [1.82, 2.24) is 0 Å². The van der Waals surface area contributed by atoms with E-state index in [-0.39, 0.29) is 5.92 Å². The summed E-state index contributed by atoms with van der Waals surface area (Å²) in [6.07, 6.45) is 1.94. The summed E-state index contributed by atoms with van der Waals surface area (Å²) in [6, 6.07) is 8.02. The number of hydrogen-bond acceptors (Lipinski definition) is 2. The molecular weight excluding hydrogens is 270 g/mol. The Hall–Kier alpha value is -0.870. The fourth-order valence-electron chi connectivity index (χ4n) is 2.29. The summed E-state index contributed by atoms with van der Waals surface area (Å²) in [7, 11) is 0. The van der Waals surface area contributed by atoms with Crippen molar-refractivity contribution in [2.24, 2.45) is 5.73 Å². The van der Waals surface area contributed by atoms with E-state index in [2.05, 4.69) is 15.9 Å². The second-order valence-corrected chi connectivity index (χ2v) is 5.37. The lowest BCUT2D eigenvalue weighted by atomic mass is 9.93. The van der Waals surface area contributed by atoms with Crippen molar-refractivity contribution >= 4 is 21.9 Å². The number of nitrogens with two attached hydrogens (primary N) is 1. The van der Waals surface area contributed by atoms with E-state index >= 15 is 0 Å². The van der Waals surface area contributed by atoms with Gasteiger partial charge in [-0.25, -0.2) is 0 Å². The van der Waals surface area contributed by atoms with Gasteiger partial charge in [0.25, 0.3) is 0 Å². The molecule has 0 unspecified atom stereocenters. The normalized spacial score (nSPS) is 29.2. The molecule has 0 aromatic heterocycles. The van der Waals surface area contributed by atoms with Gasteiger partial charge in [0.1, 0.15) is 5.54 Å². The second kappa shape index (κ2) is 4.18. The van der Waals surface area contributed by atoms with Crippen LogP contribution in [0.3, 0.4) is 0 Å². The molecule has 0 aliphatic heterocycles. The summed E-state index contributed by atoms with van der Waals surface area (Å²) in [5.74, 6) is -0.610. The van der Waals surface area contributed by atoms with E-state index in [1.807, 2.05) is 24.3 Å². The summed E-state index contributed by atoms with van der Waals surface area (Å²) in [5.41, 5.74) is 6.00. The Balaban J connectivity index is 2.15.